The molecule has 3 rings (SSSR count). The molecule has 1 aliphatic carbocycles. The van der Waals surface area contributed by atoms with Gasteiger partial charge in [-0.2, -0.15) is 0 Å². The monoisotopic (exact) mass is 158 g/mol. The fraction of sp³-hybridized carbons (Fsp3) is 0.333. The van der Waals surface area contributed by atoms with Crippen LogP contribution >= 0.6 is 11.8 Å². The van der Waals surface area contributed by atoms with E-state index >= 15 is 0 Å². The summed E-state index contributed by atoms with van der Waals surface area (Å²) in [6, 6.07) is 6.29. The van der Waals surface area contributed by atoms with Crippen molar-refractivity contribution in [2.75, 3.05) is 0 Å². The molecule has 0 bridgehead atoms. The molecule has 1 heterocycles. The van der Waals surface area contributed by atoms with Crippen LogP contribution in [-0.4, -0.2) is 13.1 Å². The first kappa shape index (κ1) is 6.18. The Kier molecular flexibility index (Phi) is 1.05. The van der Waals surface area contributed by atoms with Crippen molar-refractivity contribution < 1.29 is 0 Å². The van der Waals surface area contributed by atoms with Crippen molar-refractivity contribution in [3.8, 4) is 0 Å². The number of thioether (sulfide) groups is 1. The van der Waals surface area contributed by atoms with Crippen molar-refractivity contribution in [2.45, 2.75) is 22.5 Å². The first-order valence-electron chi connectivity index (χ1n) is 3.91. The van der Waals surface area contributed by atoms with Gasteiger partial charge in [-0.3, -0.25) is 0 Å². The second-order valence-corrected chi connectivity index (χ2v) is 4.58. The lowest BCUT2D eigenvalue weighted by molar-refractivity contribution is 1.11. The van der Waals surface area contributed by atoms with E-state index in [1.54, 1.807) is 0 Å². The molecular weight excluding hydrogens is 151 g/mol. The van der Waals surface area contributed by atoms with Crippen molar-refractivity contribution in [3.05, 3.63) is 23.8 Å². The van der Waals surface area contributed by atoms with Crippen molar-refractivity contribution >= 4 is 25.1 Å². The molecule has 11 heavy (non-hydrogen) atoms. The molecule has 0 nitrogen and oxygen atoms in total. The minimum absolute atomic E-state index is 0.846. The van der Waals surface area contributed by atoms with E-state index in [1.807, 2.05) is 17.8 Å². The molecule has 52 valence electrons. The maximum absolute atomic E-state index is 5.70. The summed E-state index contributed by atoms with van der Waals surface area (Å²) in [6.07, 6.45) is 1.38. The average molecular weight is 158 g/mol. The number of rotatable bonds is 0. The summed E-state index contributed by atoms with van der Waals surface area (Å²) in [7, 11) is 5.70. The largest absolute Gasteiger partial charge is 0.122 e. The fourth-order valence-corrected chi connectivity index (χ4v) is 3.19. The number of hydrogen-bond acceptors (Lipinski definition) is 1. The molecule has 0 spiro atoms. The first-order valence-corrected chi connectivity index (χ1v) is 4.78. The molecule has 0 aromatic heterocycles. The zero-order valence-electron chi connectivity index (χ0n) is 6.08. The Morgan fingerprint density at radius 1 is 1.45 bits per heavy atom. The van der Waals surface area contributed by atoms with Gasteiger partial charge in [0.1, 0.15) is 7.85 Å². The summed E-state index contributed by atoms with van der Waals surface area (Å²) in [5.74, 6) is 0.846. The minimum Gasteiger partial charge on any atom is -0.122 e. The van der Waals surface area contributed by atoms with Crippen molar-refractivity contribution in [3.63, 3.8) is 0 Å². The van der Waals surface area contributed by atoms with Crippen LogP contribution in [0.25, 0.3) is 0 Å². The SMILES string of the molecule is [B]c1ccc2c(c1)C1CC1S2. The molecule has 2 atom stereocenters. The van der Waals surface area contributed by atoms with Gasteiger partial charge in [0.25, 0.3) is 0 Å². The zero-order chi connectivity index (χ0) is 7.42. The van der Waals surface area contributed by atoms with E-state index in [1.165, 1.54) is 16.9 Å². The fourth-order valence-electron chi connectivity index (χ4n) is 1.76. The highest BCUT2D eigenvalue weighted by molar-refractivity contribution is 8.00. The summed E-state index contributed by atoms with van der Waals surface area (Å²) in [4.78, 5) is 1.46. The van der Waals surface area contributed by atoms with Gasteiger partial charge in [0, 0.05) is 10.1 Å². The Labute approximate surface area is 71.8 Å². The predicted octanol–water partition coefficient (Wildman–Crippen LogP) is 1.44. The average Bonchev–Trinajstić information content (AvgIpc) is 2.67. The summed E-state index contributed by atoms with van der Waals surface area (Å²) in [5, 5.41) is 0.895. The third kappa shape index (κ3) is 0.792. The molecule has 2 radical (unpaired) electrons. The van der Waals surface area contributed by atoms with Gasteiger partial charge in [0.2, 0.25) is 0 Å². The van der Waals surface area contributed by atoms with Crippen LogP contribution in [-0.2, 0) is 0 Å². The summed E-state index contributed by atoms with van der Waals surface area (Å²) >= 11 is 2.02. The van der Waals surface area contributed by atoms with Crippen LogP contribution in [0.2, 0.25) is 0 Å². The topological polar surface area (TPSA) is 0 Å². The van der Waals surface area contributed by atoms with Gasteiger partial charge in [0.15, 0.2) is 0 Å². The highest BCUT2D eigenvalue weighted by Gasteiger charge is 2.45. The lowest BCUT2D eigenvalue weighted by Crippen LogP contribution is -2.01. The maximum atomic E-state index is 5.70. The Hall–Kier alpha value is -0.365. The standard InChI is InChI=1S/C9H7BS/c10-5-1-2-8-6(3-5)7-4-9(7)11-8/h1-3,7,9H,4H2. The van der Waals surface area contributed by atoms with Crippen molar-refractivity contribution in [1.29, 1.82) is 0 Å². The zero-order valence-corrected chi connectivity index (χ0v) is 6.90. The Balaban J connectivity index is 2.20. The van der Waals surface area contributed by atoms with E-state index in [0.717, 1.165) is 16.6 Å². The van der Waals surface area contributed by atoms with Crippen LogP contribution in [0.4, 0.5) is 0 Å². The molecule has 1 aliphatic heterocycles. The smallest absolute Gasteiger partial charge is 0.113 e. The van der Waals surface area contributed by atoms with Gasteiger partial charge in [-0.25, -0.2) is 0 Å². The second kappa shape index (κ2) is 1.86. The first-order chi connectivity index (χ1) is 5.34. The van der Waals surface area contributed by atoms with E-state index in [4.69, 9.17) is 7.85 Å². The summed E-state index contributed by atoms with van der Waals surface area (Å²) < 4.78 is 0. The normalized spacial score (nSPS) is 31.3. The molecular formula is C9H7BS. The number of fused-ring (bicyclic) bond motifs is 3. The van der Waals surface area contributed by atoms with Crippen LogP contribution in [0.1, 0.15) is 17.9 Å². The maximum Gasteiger partial charge on any atom is 0.113 e. The van der Waals surface area contributed by atoms with Crippen LogP contribution in [0.3, 0.4) is 0 Å². The van der Waals surface area contributed by atoms with Gasteiger partial charge < -0.3 is 0 Å². The van der Waals surface area contributed by atoms with Crippen LogP contribution in [0.5, 0.6) is 0 Å². The summed E-state index contributed by atoms with van der Waals surface area (Å²) in [6.45, 7) is 0. The Bertz CT molecular complexity index is 321. The molecule has 0 amide bonds. The predicted molar refractivity (Wildman–Crippen MR) is 48.8 cm³/mol. The van der Waals surface area contributed by atoms with Gasteiger partial charge in [-0.1, -0.05) is 17.6 Å². The summed E-state index contributed by atoms with van der Waals surface area (Å²) in [5.41, 5.74) is 2.41. The Morgan fingerprint density at radius 3 is 3.27 bits per heavy atom. The molecule has 1 aromatic rings. The van der Waals surface area contributed by atoms with Gasteiger partial charge in [-0.05, 0) is 24.0 Å². The van der Waals surface area contributed by atoms with Crippen molar-refractivity contribution in [1.82, 2.24) is 0 Å². The number of hydrogen-bond donors (Lipinski definition) is 0. The molecule has 1 aromatic carbocycles. The van der Waals surface area contributed by atoms with E-state index in [-0.39, 0.29) is 0 Å². The van der Waals surface area contributed by atoms with Gasteiger partial charge in [-0.15, -0.1) is 11.8 Å². The number of benzene rings is 1. The lowest BCUT2D eigenvalue weighted by Gasteiger charge is -2.01. The van der Waals surface area contributed by atoms with Crippen LogP contribution in [0, 0.1) is 0 Å². The molecule has 0 N–H and O–H groups in total. The highest BCUT2D eigenvalue weighted by Crippen LogP contribution is 2.60. The minimum atomic E-state index is 0.846. The highest BCUT2D eigenvalue weighted by atomic mass is 32.2. The molecule has 2 aliphatic rings. The van der Waals surface area contributed by atoms with Crippen LogP contribution < -0.4 is 5.46 Å². The van der Waals surface area contributed by atoms with E-state index < -0.39 is 0 Å². The van der Waals surface area contributed by atoms with Gasteiger partial charge >= 0.3 is 0 Å². The third-order valence-electron chi connectivity index (χ3n) is 2.44. The van der Waals surface area contributed by atoms with E-state index in [2.05, 4.69) is 12.1 Å². The molecule has 1 saturated carbocycles. The molecule has 0 saturated heterocycles. The second-order valence-electron chi connectivity index (χ2n) is 3.30. The van der Waals surface area contributed by atoms with Crippen LogP contribution in [0.15, 0.2) is 23.1 Å². The molecule has 2 heteroatoms. The Morgan fingerprint density at radius 2 is 2.36 bits per heavy atom. The quantitative estimate of drug-likeness (QED) is 0.515. The van der Waals surface area contributed by atoms with Crippen molar-refractivity contribution in [2.24, 2.45) is 0 Å². The third-order valence-corrected chi connectivity index (χ3v) is 3.89. The molecule has 1 fully saturated rings. The van der Waals surface area contributed by atoms with E-state index in [0.29, 0.717) is 0 Å². The van der Waals surface area contributed by atoms with Gasteiger partial charge in [0.05, 0.1) is 0 Å². The van der Waals surface area contributed by atoms with E-state index in [9.17, 15) is 0 Å². The molecule has 2 unspecified atom stereocenters. The lowest BCUT2D eigenvalue weighted by atomic mass is 9.93.